The second-order valence-corrected chi connectivity index (χ2v) is 4.36. The van der Waals surface area contributed by atoms with Gasteiger partial charge in [0.1, 0.15) is 11.9 Å². The van der Waals surface area contributed by atoms with Crippen LogP contribution in [-0.2, 0) is 0 Å². The van der Waals surface area contributed by atoms with Crippen LogP contribution in [0.4, 0.5) is 0 Å². The van der Waals surface area contributed by atoms with Gasteiger partial charge >= 0.3 is 0 Å². The highest BCUT2D eigenvalue weighted by Crippen LogP contribution is 2.28. The van der Waals surface area contributed by atoms with Gasteiger partial charge in [-0.3, -0.25) is 0 Å². The van der Waals surface area contributed by atoms with Gasteiger partial charge in [0.2, 0.25) is 0 Å². The first-order valence-corrected chi connectivity index (χ1v) is 5.82. The number of thiazole rings is 1. The molecule has 84 valence electrons. The first kappa shape index (κ1) is 11.1. The number of methoxy groups -OCH3 is 1. The highest BCUT2D eigenvalue weighted by molar-refractivity contribution is 7.09. The normalized spacial score (nSPS) is 12.4. The SMILES string of the molecule is COc1ccc(C(O)c2scnc2C)cc1. The van der Waals surface area contributed by atoms with E-state index in [9.17, 15) is 5.11 Å². The number of rotatable bonds is 3. The van der Waals surface area contributed by atoms with Crippen LogP contribution in [0.1, 0.15) is 22.2 Å². The van der Waals surface area contributed by atoms with Crippen molar-refractivity contribution in [2.75, 3.05) is 7.11 Å². The maximum absolute atomic E-state index is 10.2. The molecule has 4 heteroatoms. The number of aliphatic hydroxyl groups excluding tert-OH is 1. The lowest BCUT2D eigenvalue weighted by Gasteiger charge is -2.10. The Bertz CT molecular complexity index is 464. The first-order chi connectivity index (χ1) is 7.72. The van der Waals surface area contributed by atoms with Crippen LogP contribution in [0, 0.1) is 6.92 Å². The molecule has 0 aliphatic carbocycles. The zero-order valence-electron chi connectivity index (χ0n) is 9.18. The summed E-state index contributed by atoms with van der Waals surface area (Å²) in [6.45, 7) is 1.90. The fourth-order valence-electron chi connectivity index (χ4n) is 1.51. The monoisotopic (exact) mass is 235 g/mol. The first-order valence-electron chi connectivity index (χ1n) is 4.94. The summed E-state index contributed by atoms with van der Waals surface area (Å²) < 4.78 is 5.07. The van der Waals surface area contributed by atoms with Crippen molar-refractivity contribution in [2.24, 2.45) is 0 Å². The smallest absolute Gasteiger partial charge is 0.118 e. The maximum atomic E-state index is 10.2. The highest BCUT2D eigenvalue weighted by Gasteiger charge is 2.14. The van der Waals surface area contributed by atoms with Gasteiger partial charge in [0.05, 0.1) is 23.2 Å². The summed E-state index contributed by atoms with van der Waals surface area (Å²) in [5, 5.41) is 10.2. The van der Waals surface area contributed by atoms with Crippen LogP contribution in [0.5, 0.6) is 5.75 Å². The van der Waals surface area contributed by atoms with Crippen LogP contribution in [0.2, 0.25) is 0 Å². The van der Waals surface area contributed by atoms with Crippen molar-refractivity contribution in [1.29, 1.82) is 0 Å². The van der Waals surface area contributed by atoms with Crippen molar-refractivity contribution in [3.05, 3.63) is 45.9 Å². The average molecular weight is 235 g/mol. The molecule has 0 aliphatic rings. The molecular weight excluding hydrogens is 222 g/mol. The lowest BCUT2D eigenvalue weighted by atomic mass is 10.1. The molecule has 1 N–H and O–H groups in total. The van der Waals surface area contributed by atoms with Gasteiger partial charge < -0.3 is 9.84 Å². The van der Waals surface area contributed by atoms with Gasteiger partial charge in [-0.05, 0) is 24.6 Å². The molecule has 1 atom stereocenters. The summed E-state index contributed by atoms with van der Waals surface area (Å²) in [5.41, 5.74) is 3.48. The molecule has 2 rings (SSSR count). The highest BCUT2D eigenvalue weighted by atomic mass is 32.1. The summed E-state index contributed by atoms with van der Waals surface area (Å²) in [5.74, 6) is 0.789. The summed E-state index contributed by atoms with van der Waals surface area (Å²) in [6, 6.07) is 7.41. The molecule has 0 spiro atoms. The van der Waals surface area contributed by atoms with Crippen LogP contribution in [0.3, 0.4) is 0 Å². The maximum Gasteiger partial charge on any atom is 0.118 e. The van der Waals surface area contributed by atoms with Crippen LogP contribution in [0.15, 0.2) is 29.8 Å². The van der Waals surface area contributed by atoms with E-state index in [1.165, 1.54) is 11.3 Å². The molecule has 0 saturated heterocycles. The second kappa shape index (κ2) is 4.63. The third-order valence-corrected chi connectivity index (χ3v) is 3.45. The second-order valence-electron chi connectivity index (χ2n) is 3.48. The Morgan fingerprint density at radius 2 is 2.00 bits per heavy atom. The standard InChI is InChI=1S/C12H13NO2S/c1-8-12(16-7-13-8)11(14)9-3-5-10(15-2)6-4-9/h3-7,11,14H,1-2H3. The van der Waals surface area contributed by atoms with Crippen molar-refractivity contribution in [3.63, 3.8) is 0 Å². The van der Waals surface area contributed by atoms with Gasteiger partial charge in [0.25, 0.3) is 0 Å². The molecule has 0 aliphatic heterocycles. The van der Waals surface area contributed by atoms with Crippen molar-refractivity contribution >= 4 is 11.3 Å². The third-order valence-electron chi connectivity index (χ3n) is 2.46. The number of ether oxygens (including phenoxy) is 1. The number of nitrogens with zero attached hydrogens (tertiary/aromatic N) is 1. The Balaban J connectivity index is 2.27. The lowest BCUT2D eigenvalue weighted by Crippen LogP contribution is -1.99. The van der Waals surface area contributed by atoms with E-state index in [1.807, 2.05) is 31.2 Å². The van der Waals surface area contributed by atoms with E-state index >= 15 is 0 Å². The van der Waals surface area contributed by atoms with Gasteiger partial charge in [-0.1, -0.05) is 12.1 Å². The van der Waals surface area contributed by atoms with Crippen LogP contribution >= 0.6 is 11.3 Å². The van der Waals surface area contributed by atoms with Gasteiger partial charge in [-0.15, -0.1) is 11.3 Å². The van der Waals surface area contributed by atoms with Crippen LogP contribution in [-0.4, -0.2) is 17.2 Å². The molecule has 0 saturated carbocycles. The van der Waals surface area contributed by atoms with Crippen LogP contribution < -0.4 is 4.74 Å². The van der Waals surface area contributed by atoms with Gasteiger partial charge in [0, 0.05) is 0 Å². The van der Waals surface area contributed by atoms with E-state index in [2.05, 4.69) is 4.98 Å². The Hall–Kier alpha value is -1.39. The van der Waals surface area contributed by atoms with E-state index in [1.54, 1.807) is 12.6 Å². The topological polar surface area (TPSA) is 42.4 Å². The molecular formula is C12H13NO2S. The van der Waals surface area contributed by atoms with E-state index in [-0.39, 0.29) is 0 Å². The van der Waals surface area contributed by atoms with Crippen LogP contribution in [0.25, 0.3) is 0 Å². The average Bonchev–Trinajstić information content (AvgIpc) is 2.75. The number of aromatic nitrogens is 1. The molecule has 3 nitrogen and oxygen atoms in total. The molecule has 1 unspecified atom stereocenters. The Labute approximate surface area is 98.4 Å². The molecule has 0 fully saturated rings. The van der Waals surface area contributed by atoms with Gasteiger partial charge in [0.15, 0.2) is 0 Å². The summed E-state index contributed by atoms with van der Waals surface area (Å²) >= 11 is 1.47. The predicted molar refractivity (Wildman–Crippen MR) is 63.9 cm³/mol. The summed E-state index contributed by atoms with van der Waals surface area (Å²) in [7, 11) is 1.62. The molecule has 1 aromatic heterocycles. The Kier molecular flexibility index (Phi) is 3.22. The molecule has 2 aromatic rings. The van der Waals surface area contributed by atoms with Crippen molar-refractivity contribution < 1.29 is 9.84 Å². The van der Waals surface area contributed by atoms with E-state index in [4.69, 9.17) is 4.74 Å². The molecule has 1 heterocycles. The summed E-state index contributed by atoms with van der Waals surface area (Å²) in [4.78, 5) is 5.02. The largest absolute Gasteiger partial charge is 0.497 e. The van der Waals surface area contributed by atoms with Crippen molar-refractivity contribution in [2.45, 2.75) is 13.0 Å². The van der Waals surface area contributed by atoms with Gasteiger partial charge in [-0.2, -0.15) is 0 Å². The van der Waals surface area contributed by atoms with E-state index < -0.39 is 6.10 Å². The number of aryl methyl sites for hydroxylation is 1. The lowest BCUT2D eigenvalue weighted by molar-refractivity contribution is 0.223. The zero-order valence-corrected chi connectivity index (χ0v) is 9.99. The molecule has 0 amide bonds. The number of hydrogen-bond acceptors (Lipinski definition) is 4. The number of benzene rings is 1. The summed E-state index contributed by atoms with van der Waals surface area (Å²) in [6.07, 6.45) is -0.599. The van der Waals surface area contributed by atoms with E-state index in [0.29, 0.717) is 0 Å². The third kappa shape index (κ3) is 2.08. The van der Waals surface area contributed by atoms with Gasteiger partial charge in [-0.25, -0.2) is 4.98 Å². The van der Waals surface area contributed by atoms with Crippen molar-refractivity contribution in [1.82, 2.24) is 4.98 Å². The number of aliphatic hydroxyl groups is 1. The fraction of sp³-hybridized carbons (Fsp3) is 0.250. The minimum Gasteiger partial charge on any atom is -0.497 e. The minimum atomic E-state index is -0.599. The fourth-order valence-corrected chi connectivity index (χ4v) is 2.32. The van der Waals surface area contributed by atoms with E-state index in [0.717, 1.165) is 21.9 Å². The number of hydrogen-bond donors (Lipinski definition) is 1. The zero-order chi connectivity index (χ0) is 11.5. The molecule has 16 heavy (non-hydrogen) atoms. The quantitative estimate of drug-likeness (QED) is 0.889. The molecule has 0 radical (unpaired) electrons. The molecule has 0 bridgehead atoms. The van der Waals surface area contributed by atoms with Crippen molar-refractivity contribution in [3.8, 4) is 5.75 Å². The molecule has 1 aromatic carbocycles. The predicted octanol–water partition coefficient (Wildman–Crippen LogP) is 2.54. The Morgan fingerprint density at radius 1 is 1.31 bits per heavy atom. The Morgan fingerprint density at radius 3 is 2.50 bits per heavy atom. The minimum absolute atomic E-state index is 0.599.